The third-order valence-electron chi connectivity index (χ3n) is 2.04. The average molecular weight is 208 g/mol. The molecule has 82 valence electrons. The summed E-state index contributed by atoms with van der Waals surface area (Å²) < 4.78 is 10.3. The first kappa shape index (κ1) is 11.5. The molecular weight excluding hydrogens is 192 g/mol. The van der Waals surface area contributed by atoms with E-state index in [1.807, 2.05) is 18.2 Å². The smallest absolute Gasteiger partial charge is 0.122 e. The monoisotopic (exact) mass is 208 g/mol. The minimum atomic E-state index is 0.132. The molecule has 1 rings (SSSR count). The number of ether oxygens (including phenoxy) is 2. The Bertz CT molecular complexity index is 350. The number of benzene rings is 1. The molecule has 0 fully saturated rings. The average Bonchev–Trinajstić information content (AvgIpc) is 2.20. The summed E-state index contributed by atoms with van der Waals surface area (Å²) >= 11 is 0. The molecule has 0 unspecified atom stereocenters. The highest BCUT2D eigenvalue weighted by Crippen LogP contribution is 2.21. The van der Waals surface area contributed by atoms with Crippen LogP contribution >= 0.6 is 0 Å². The zero-order chi connectivity index (χ0) is 11.3. The summed E-state index contributed by atoms with van der Waals surface area (Å²) in [7, 11) is 3.26. The van der Waals surface area contributed by atoms with Gasteiger partial charge in [0.1, 0.15) is 5.75 Å². The van der Waals surface area contributed by atoms with E-state index in [4.69, 9.17) is 20.6 Å². The van der Waals surface area contributed by atoms with Crippen LogP contribution in [0.5, 0.6) is 5.75 Å². The van der Waals surface area contributed by atoms with Crippen LogP contribution in [-0.2, 0) is 17.8 Å². The topological polar surface area (TPSA) is 68.3 Å². The van der Waals surface area contributed by atoms with E-state index in [1.165, 1.54) is 0 Å². The molecule has 0 aromatic heterocycles. The molecule has 0 saturated carbocycles. The minimum absolute atomic E-state index is 0.132. The molecule has 3 N–H and O–H groups in total. The second-order valence-electron chi connectivity index (χ2n) is 3.28. The lowest BCUT2D eigenvalue weighted by atomic mass is 10.1. The lowest BCUT2D eigenvalue weighted by Crippen LogP contribution is -2.13. The summed E-state index contributed by atoms with van der Waals surface area (Å²) in [5, 5.41) is 7.24. The predicted octanol–water partition coefficient (Wildman–Crippen LogP) is 1.32. The molecule has 0 aliphatic heterocycles. The first-order valence-electron chi connectivity index (χ1n) is 4.65. The van der Waals surface area contributed by atoms with Crippen LogP contribution < -0.4 is 10.5 Å². The van der Waals surface area contributed by atoms with E-state index in [2.05, 4.69) is 0 Å². The third kappa shape index (κ3) is 3.25. The van der Waals surface area contributed by atoms with Gasteiger partial charge in [-0.25, -0.2) is 0 Å². The summed E-state index contributed by atoms with van der Waals surface area (Å²) in [5.74, 6) is 0.882. The number of nitrogens with two attached hydrogens (primary N) is 1. The summed E-state index contributed by atoms with van der Waals surface area (Å²) in [4.78, 5) is 0. The molecule has 0 atom stereocenters. The molecule has 0 amide bonds. The number of rotatable bonds is 5. The van der Waals surface area contributed by atoms with Crippen LogP contribution in [-0.4, -0.2) is 20.1 Å². The van der Waals surface area contributed by atoms with Gasteiger partial charge in [-0.2, -0.15) is 0 Å². The second kappa shape index (κ2) is 5.36. The van der Waals surface area contributed by atoms with Crippen molar-refractivity contribution in [2.45, 2.75) is 13.0 Å². The van der Waals surface area contributed by atoms with Crippen LogP contribution in [0.15, 0.2) is 18.2 Å². The molecule has 1 aromatic rings. The van der Waals surface area contributed by atoms with Gasteiger partial charge in [0.15, 0.2) is 0 Å². The fraction of sp³-hybridized carbons (Fsp3) is 0.364. The molecule has 0 heterocycles. The molecule has 0 spiro atoms. The van der Waals surface area contributed by atoms with E-state index >= 15 is 0 Å². The van der Waals surface area contributed by atoms with E-state index in [-0.39, 0.29) is 5.84 Å². The maximum atomic E-state index is 7.24. The largest absolute Gasteiger partial charge is 0.496 e. The number of hydrogen-bond donors (Lipinski definition) is 2. The Kier molecular flexibility index (Phi) is 4.12. The van der Waals surface area contributed by atoms with Gasteiger partial charge in [0.05, 0.1) is 19.6 Å². The SMILES string of the molecule is COCc1ccc(CC(=N)N)c(OC)c1. The second-order valence-corrected chi connectivity index (χ2v) is 3.28. The molecule has 4 nitrogen and oxygen atoms in total. The quantitative estimate of drug-likeness (QED) is 0.566. The third-order valence-corrected chi connectivity index (χ3v) is 2.04. The van der Waals surface area contributed by atoms with Gasteiger partial charge in [0.2, 0.25) is 0 Å². The van der Waals surface area contributed by atoms with Crippen molar-refractivity contribution in [3.8, 4) is 5.75 Å². The van der Waals surface area contributed by atoms with Gasteiger partial charge in [-0.15, -0.1) is 0 Å². The molecule has 1 aromatic carbocycles. The van der Waals surface area contributed by atoms with Gasteiger partial charge in [0, 0.05) is 19.1 Å². The lowest BCUT2D eigenvalue weighted by molar-refractivity contribution is 0.184. The zero-order valence-corrected chi connectivity index (χ0v) is 9.04. The number of hydrogen-bond acceptors (Lipinski definition) is 3. The van der Waals surface area contributed by atoms with Crippen LogP contribution in [0, 0.1) is 5.41 Å². The molecule has 4 heteroatoms. The Labute approximate surface area is 89.5 Å². The van der Waals surface area contributed by atoms with Gasteiger partial charge in [0.25, 0.3) is 0 Å². The van der Waals surface area contributed by atoms with Crippen molar-refractivity contribution in [2.24, 2.45) is 5.73 Å². The van der Waals surface area contributed by atoms with Gasteiger partial charge in [-0.1, -0.05) is 12.1 Å². The van der Waals surface area contributed by atoms with Crippen LogP contribution in [0.25, 0.3) is 0 Å². The molecule has 0 saturated heterocycles. The van der Waals surface area contributed by atoms with Gasteiger partial charge in [-0.3, -0.25) is 5.41 Å². The van der Waals surface area contributed by atoms with Crippen molar-refractivity contribution in [3.05, 3.63) is 29.3 Å². The van der Waals surface area contributed by atoms with Crippen molar-refractivity contribution >= 4 is 5.84 Å². The summed E-state index contributed by atoms with van der Waals surface area (Å²) in [6.07, 6.45) is 0.413. The van der Waals surface area contributed by atoms with Crippen molar-refractivity contribution in [3.63, 3.8) is 0 Å². The van der Waals surface area contributed by atoms with Crippen molar-refractivity contribution < 1.29 is 9.47 Å². The maximum Gasteiger partial charge on any atom is 0.122 e. The maximum absolute atomic E-state index is 7.24. The van der Waals surface area contributed by atoms with E-state index < -0.39 is 0 Å². The van der Waals surface area contributed by atoms with Crippen molar-refractivity contribution in [1.29, 1.82) is 5.41 Å². The molecule has 0 bridgehead atoms. The van der Waals surface area contributed by atoms with Crippen LogP contribution in [0.3, 0.4) is 0 Å². The van der Waals surface area contributed by atoms with Gasteiger partial charge < -0.3 is 15.2 Å². The molecular formula is C11H16N2O2. The van der Waals surface area contributed by atoms with Crippen molar-refractivity contribution in [1.82, 2.24) is 0 Å². The van der Waals surface area contributed by atoms with Gasteiger partial charge >= 0.3 is 0 Å². The highest BCUT2D eigenvalue weighted by atomic mass is 16.5. The number of amidine groups is 1. The number of nitrogens with one attached hydrogen (secondary N) is 1. The van der Waals surface area contributed by atoms with Crippen LogP contribution in [0.2, 0.25) is 0 Å². The van der Waals surface area contributed by atoms with Crippen LogP contribution in [0.4, 0.5) is 0 Å². The number of methoxy groups -OCH3 is 2. The Hall–Kier alpha value is -1.55. The highest BCUT2D eigenvalue weighted by Gasteiger charge is 2.05. The zero-order valence-electron chi connectivity index (χ0n) is 9.04. The fourth-order valence-electron chi connectivity index (χ4n) is 1.40. The summed E-state index contributed by atoms with van der Waals surface area (Å²) in [5.41, 5.74) is 7.31. The standard InChI is InChI=1S/C11H16N2O2/c1-14-7-8-3-4-9(6-11(12)13)10(5-8)15-2/h3-5H,6-7H2,1-2H3,(H3,12,13). The van der Waals surface area contributed by atoms with Crippen molar-refractivity contribution in [2.75, 3.05) is 14.2 Å². The minimum Gasteiger partial charge on any atom is -0.496 e. The molecule has 15 heavy (non-hydrogen) atoms. The summed E-state index contributed by atoms with van der Waals surface area (Å²) in [6, 6.07) is 5.76. The predicted molar refractivity (Wildman–Crippen MR) is 59.3 cm³/mol. The molecule has 0 aliphatic carbocycles. The van der Waals surface area contributed by atoms with E-state index in [1.54, 1.807) is 14.2 Å². The fourth-order valence-corrected chi connectivity index (χ4v) is 1.40. The summed E-state index contributed by atoms with van der Waals surface area (Å²) in [6.45, 7) is 0.552. The normalized spacial score (nSPS) is 10.0. The Balaban J connectivity index is 2.92. The molecule has 0 radical (unpaired) electrons. The first-order chi connectivity index (χ1) is 7.17. The van der Waals surface area contributed by atoms with Crippen LogP contribution in [0.1, 0.15) is 11.1 Å². The first-order valence-corrected chi connectivity index (χ1v) is 4.65. The Morgan fingerprint density at radius 2 is 2.13 bits per heavy atom. The molecule has 0 aliphatic rings. The van der Waals surface area contributed by atoms with E-state index in [0.29, 0.717) is 13.0 Å². The Morgan fingerprint density at radius 3 is 2.67 bits per heavy atom. The van der Waals surface area contributed by atoms with E-state index in [0.717, 1.165) is 16.9 Å². The van der Waals surface area contributed by atoms with E-state index in [9.17, 15) is 0 Å². The van der Waals surface area contributed by atoms with Gasteiger partial charge in [-0.05, 0) is 11.6 Å². The lowest BCUT2D eigenvalue weighted by Gasteiger charge is -2.09. The Morgan fingerprint density at radius 1 is 1.40 bits per heavy atom. The highest BCUT2D eigenvalue weighted by molar-refractivity contribution is 5.80.